The number of aliphatic hydroxyl groups is 1. The van der Waals surface area contributed by atoms with Crippen LogP contribution in [0.5, 0.6) is 0 Å². The van der Waals surface area contributed by atoms with Crippen LogP contribution in [-0.2, 0) is 6.61 Å². The van der Waals surface area contributed by atoms with Gasteiger partial charge in [-0.25, -0.2) is 4.98 Å². The van der Waals surface area contributed by atoms with Gasteiger partial charge >= 0.3 is 0 Å². The Hall–Kier alpha value is -1.44. The number of pyridine rings is 1. The molecule has 2 N–H and O–H groups in total. The Morgan fingerprint density at radius 2 is 1.96 bits per heavy atom. The van der Waals surface area contributed by atoms with Crippen LogP contribution >= 0.6 is 38.5 Å². The molecule has 4 aromatic rings. The lowest BCUT2D eigenvalue weighted by atomic mass is 10.0. The lowest BCUT2D eigenvalue weighted by molar-refractivity contribution is 0.283. The minimum absolute atomic E-state index is 0.00133. The van der Waals surface area contributed by atoms with Gasteiger partial charge in [0.1, 0.15) is 0 Å². The fourth-order valence-electron chi connectivity index (χ4n) is 2.85. The number of rotatable bonds is 2. The second kappa shape index (κ2) is 5.89. The average molecular weight is 479 g/mol. The predicted octanol–water partition coefficient (Wildman–Crippen LogP) is 5.24. The smallest absolute Gasteiger partial charge is 0.0734 e. The largest absolute Gasteiger partial charge is 0.392 e. The first-order valence-corrected chi connectivity index (χ1v) is 9.00. The SMILES string of the molecule is OCc1cc(-c2c[nH]c3ccc(Br)cc23)nc2cc(I)ccc12. The molecule has 2 aromatic carbocycles. The summed E-state index contributed by atoms with van der Waals surface area (Å²) in [5.41, 5.74) is 4.77. The van der Waals surface area contributed by atoms with Crippen LogP contribution in [0, 0.1) is 3.57 Å². The first-order valence-electron chi connectivity index (χ1n) is 7.13. The van der Waals surface area contributed by atoms with Crippen LogP contribution in [0.15, 0.2) is 53.1 Å². The normalized spacial score (nSPS) is 11.4. The molecule has 0 fully saturated rings. The summed E-state index contributed by atoms with van der Waals surface area (Å²) in [6.07, 6.45) is 1.97. The highest BCUT2D eigenvalue weighted by atomic mass is 127. The molecule has 3 nitrogen and oxygen atoms in total. The lowest BCUT2D eigenvalue weighted by Crippen LogP contribution is -1.93. The van der Waals surface area contributed by atoms with Crippen molar-refractivity contribution in [2.75, 3.05) is 0 Å². The Morgan fingerprint density at radius 1 is 1.09 bits per heavy atom. The van der Waals surface area contributed by atoms with Gasteiger partial charge in [0.15, 0.2) is 0 Å². The first-order chi connectivity index (χ1) is 11.2. The summed E-state index contributed by atoms with van der Waals surface area (Å²) in [6.45, 7) is -0.00133. The van der Waals surface area contributed by atoms with Crippen molar-refractivity contribution in [1.82, 2.24) is 9.97 Å². The van der Waals surface area contributed by atoms with Crippen molar-refractivity contribution >= 4 is 60.3 Å². The molecule has 0 aliphatic rings. The van der Waals surface area contributed by atoms with Gasteiger partial charge in [0.25, 0.3) is 0 Å². The molecule has 2 heterocycles. The molecule has 2 aromatic heterocycles. The van der Waals surface area contributed by atoms with Crippen LogP contribution in [0.25, 0.3) is 33.1 Å². The summed E-state index contributed by atoms with van der Waals surface area (Å²) in [6, 6.07) is 14.2. The number of benzene rings is 2. The van der Waals surface area contributed by atoms with E-state index in [4.69, 9.17) is 4.98 Å². The second-order valence-corrected chi connectivity index (χ2v) is 7.54. The molecule has 0 spiro atoms. The maximum Gasteiger partial charge on any atom is 0.0734 e. The number of hydrogen-bond acceptors (Lipinski definition) is 2. The predicted molar refractivity (Wildman–Crippen MR) is 105 cm³/mol. The van der Waals surface area contributed by atoms with Gasteiger partial charge in [0, 0.05) is 36.1 Å². The number of aromatic nitrogens is 2. The van der Waals surface area contributed by atoms with E-state index in [1.54, 1.807) is 0 Å². The Morgan fingerprint density at radius 3 is 2.78 bits per heavy atom. The number of fused-ring (bicyclic) bond motifs is 2. The maximum atomic E-state index is 9.74. The molecule has 0 atom stereocenters. The highest BCUT2D eigenvalue weighted by Crippen LogP contribution is 2.32. The third-order valence-electron chi connectivity index (χ3n) is 3.95. The molecule has 23 heavy (non-hydrogen) atoms. The molecular formula is C18H12BrIN2O. The number of nitrogens with one attached hydrogen (secondary N) is 1. The number of nitrogens with zero attached hydrogens (tertiary/aromatic N) is 1. The fraction of sp³-hybridized carbons (Fsp3) is 0.0556. The van der Waals surface area contributed by atoms with Gasteiger partial charge in [-0.05, 0) is 64.6 Å². The number of hydrogen-bond donors (Lipinski definition) is 2. The number of aromatic amines is 1. The van der Waals surface area contributed by atoms with Crippen LogP contribution in [0.4, 0.5) is 0 Å². The van der Waals surface area contributed by atoms with E-state index in [0.29, 0.717) is 0 Å². The van der Waals surface area contributed by atoms with E-state index in [2.05, 4.69) is 49.6 Å². The Bertz CT molecular complexity index is 1040. The summed E-state index contributed by atoms with van der Waals surface area (Å²) < 4.78 is 2.16. The van der Waals surface area contributed by atoms with Crippen molar-refractivity contribution < 1.29 is 5.11 Å². The molecule has 0 amide bonds. The second-order valence-electron chi connectivity index (χ2n) is 5.38. The molecule has 0 unspecified atom stereocenters. The van der Waals surface area contributed by atoms with Crippen molar-refractivity contribution in [2.24, 2.45) is 0 Å². The van der Waals surface area contributed by atoms with Crippen molar-refractivity contribution in [3.05, 3.63) is 62.3 Å². The molecular weight excluding hydrogens is 467 g/mol. The molecule has 5 heteroatoms. The molecule has 0 radical (unpaired) electrons. The molecule has 114 valence electrons. The van der Waals surface area contributed by atoms with Crippen molar-refractivity contribution in [2.45, 2.75) is 6.61 Å². The van der Waals surface area contributed by atoms with Crippen LogP contribution in [0.2, 0.25) is 0 Å². The number of aliphatic hydroxyl groups excluding tert-OH is 1. The van der Waals surface area contributed by atoms with Gasteiger partial charge in [-0.2, -0.15) is 0 Å². The monoisotopic (exact) mass is 478 g/mol. The Balaban J connectivity index is 2.02. The molecule has 0 bridgehead atoms. The van der Waals surface area contributed by atoms with E-state index in [-0.39, 0.29) is 6.61 Å². The minimum atomic E-state index is -0.00133. The van der Waals surface area contributed by atoms with Crippen LogP contribution in [0.3, 0.4) is 0 Å². The zero-order valence-corrected chi connectivity index (χ0v) is 15.7. The minimum Gasteiger partial charge on any atom is -0.392 e. The zero-order chi connectivity index (χ0) is 16.0. The summed E-state index contributed by atoms with van der Waals surface area (Å²) in [5, 5.41) is 11.8. The van der Waals surface area contributed by atoms with E-state index in [0.717, 1.165) is 46.7 Å². The molecule has 4 rings (SSSR count). The van der Waals surface area contributed by atoms with Gasteiger partial charge in [-0.1, -0.05) is 22.0 Å². The average Bonchev–Trinajstić information content (AvgIpc) is 2.96. The van der Waals surface area contributed by atoms with E-state index >= 15 is 0 Å². The van der Waals surface area contributed by atoms with Crippen LogP contribution in [-0.4, -0.2) is 15.1 Å². The highest BCUT2D eigenvalue weighted by molar-refractivity contribution is 14.1. The van der Waals surface area contributed by atoms with Crippen LogP contribution in [0.1, 0.15) is 5.56 Å². The Kier molecular flexibility index (Phi) is 3.87. The van der Waals surface area contributed by atoms with E-state index in [9.17, 15) is 5.11 Å². The van der Waals surface area contributed by atoms with E-state index in [1.165, 1.54) is 0 Å². The topological polar surface area (TPSA) is 48.9 Å². The van der Waals surface area contributed by atoms with E-state index in [1.807, 2.05) is 42.6 Å². The van der Waals surface area contributed by atoms with Gasteiger partial charge in [-0.15, -0.1) is 0 Å². The third-order valence-corrected chi connectivity index (χ3v) is 5.11. The van der Waals surface area contributed by atoms with Gasteiger partial charge in [0.2, 0.25) is 0 Å². The Labute approximate surface area is 155 Å². The van der Waals surface area contributed by atoms with Crippen molar-refractivity contribution in [3.63, 3.8) is 0 Å². The number of halogens is 2. The molecule has 0 aliphatic carbocycles. The fourth-order valence-corrected chi connectivity index (χ4v) is 3.68. The van der Waals surface area contributed by atoms with Crippen molar-refractivity contribution in [3.8, 4) is 11.3 Å². The molecule has 0 aliphatic heterocycles. The van der Waals surface area contributed by atoms with Gasteiger partial charge in [0.05, 0.1) is 17.8 Å². The summed E-state index contributed by atoms with van der Waals surface area (Å²) in [7, 11) is 0. The summed E-state index contributed by atoms with van der Waals surface area (Å²) >= 11 is 5.81. The van der Waals surface area contributed by atoms with Crippen LogP contribution < -0.4 is 0 Å². The molecule has 0 saturated heterocycles. The summed E-state index contributed by atoms with van der Waals surface area (Å²) in [4.78, 5) is 8.10. The first kappa shape index (κ1) is 15.1. The third kappa shape index (κ3) is 2.66. The quantitative estimate of drug-likeness (QED) is 0.387. The van der Waals surface area contributed by atoms with Crippen molar-refractivity contribution in [1.29, 1.82) is 0 Å². The van der Waals surface area contributed by atoms with Gasteiger partial charge < -0.3 is 10.1 Å². The summed E-state index contributed by atoms with van der Waals surface area (Å²) in [5.74, 6) is 0. The standard InChI is InChI=1S/C18H12BrIN2O/c19-11-1-4-16-14(6-11)15(8-21-16)17-5-10(9-23)13-3-2-12(20)7-18(13)22-17/h1-8,21,23H,9H2. The lowest BCUT2D eigenvalue weighted by Gasteiger charge is -2.08. The highest BCUT2D eigenvalue weighted by Gasteiger charge is 2.12. The molecule has 0 saturated carbocycles. The maximum absolute atomic E-state index is 9.74. The zero-order valence-electron chi connectivity index (χ0n) is 12.0. The van der Waals surface area contributed by atoms with Gasteiger partial charge in [-0.3, -0.25) is 0 Å². The number of H-pyrrole nitrogens is 1. The van der Waals surface area contributed by atoms with E-state index < -0.39 is 0 Å².